The molecule has 6 aromatic rings. The Morgan fingerprint density at radius 3 is 2.06 bits per heavy atom. The predicted molar refractivity (Wildman–Crippen MR) is 153 cm³/mol. The van der Waals surface area contributed by atoms with Gasteiger partial charge in [0.05, 0.1) is 0 Å². The van der Waals surface area contributed by atoms with Gasteiger partial charge in [0.1, 0.15) is 11.2 Å². The molecule has 0 spiro atoms. The molecule has 0 aliphatic rings. The number of hydrogen-bond acceptors (Lipinski definition) is 2. The van der Waals surface area contributed by atoms with Crippen LogP contribution in [0.25, 0.3) is 44.2 Å². The van der Waals surface area contributed by atoms with Gasteiger partial charge in [-0.15, -0.1) is 0 Å². The minimum absolute atomic E-state index is 0.137. The van der Waals surface area contributed by atoms with Gasteiger partial charge in [-0.2, -0.15) is 0 Å². The average molecular weight is 468 g/mol. The lowest BCUT2D eigenvalue weighted by Gasteiger charge is -2.19. The van der Waals surface area contributed by atoms with Crippen LogP contribution in [0.2, 0.25) is 0 Å². The van der Waals surface area contributed by atoms with E-state index in [1.165, 1.54) is 27.8 Å². The van der Waals surface area contributed by atoms with Crippen LogP contribution in [0.15, 0.2) is 120 Å². The molecule has 0 saturated heterocycles. The molecule has 0 aliphatic carbocycles. The second kappa shape index (κ2) is 8.73. The van der Waals surface area contributed by atoms with Crippen LogP contribution < -0.4 is 5.32 Å². The standard InChI is InChI=1S/C34H29NO/c1-34(2,3)25-18-16-24(17-19-25)27-12-7-8-14-30(27)35-26-20-21-31-29(22-26)33-28(13-9-15-32(33)36-31)23-10-5-4-6-11-23/h4-22,35H,1-3H3. The number of para-hydroxylation sites is 1. The average Bonchev–Trinajstić information content (AvgIpc) is 3.27. The summed E-state index contributed by atoms with van der Waals surface area (Å²) in [5, 5.41) is 5.94. The topological polar surface area (TPSA) is 25.2 Å². The molecule has 176 valence electrons. The summed E-state index contributed by atoms with van der Waals surface area (Å²) in [4.78, 5) is 0. The molecule has 0 amide bonds. The highest BCUT2D eigenvalue weighted by molar-refractivity contribution is 6.13. The van der Waals surface area contributed by atoms with E-state index in [2.05, 4.69) is 129 Å². The van der Waals surface area contributed by atoms with Crippen molar-refractivity contribution < 1.29 is 4.42 Å². The van der Waals surface area contributed by atoms with Crippen LogP contribution >= 0.6 is 0 Å². The lowest BCUT2D eigenvalue weighted by Crippen LogP contribution is -2.10. The van der Waals surface area contributed by atoms with Crippen LogP contribution in [0.4, 0.5) is 11.4 Å². The summed E-state index contributed by atoms with van der Waals surface area (Å²) in [5.74, 6) is 0. The fourth-order valence-corrected chi connectivity index (χ4v) is 4.91. The second-order valence-electron chi connectivity index (χ2n) is 10.4. The summed E-state index contributed by atoms with van der Waals surface area (Å²) >= 11 is 0. The van der Waals surface area contributed by atoms with Crippen LogP contribution in [-0.4, -0.2) is 0 Å². The number of rotatable bonds is 4. The van der Waals surface area contributed by atoms with Crippen LogP contribution in [0.3, 0.4) is 0 Å². The first-order valence-corrected chi connectivity index (χ1v) is 12.4. The summed E-state index contributed by atoms with van der Waals surface area (Å²) in [6.45, 7) is 6.74. The van der Waals surface area contributed by atoms with Crippen molar-refractivity contribution in [2.45, 2.75) is 26.2 Å². The molecule has 0 aliphatic heterocycles. The van der Waals surface area contributed by atoms with Crippen molar-refractivity contribution in [1.82, 2.24) is 0 Å². The monoisotopic (exact) mass is 467 g/mol. The number of nitrogens with one attached hydrogen (secondary N) is 1. The van der Waals surface area contributed by atoms with Crippen molar-refractivity contribution in [3.63, 3.8) is 0 Å². The van der Waals surface area contributed by atoms with Gasteiger partial charge in [-0.05, 0) is 58.0 Å². The van der Waals surface area contributed by atoms with E-state index in [-0.39, 0.29) is 5.41 Å². The molecule has 36 heavy (non-hydrogen) atoms. The van der Waals surface area contributed by atoms with Crippen molar-refractivity contribution in [3.8, 4) is 22.3 Å². The van der Waals surface area contributed by atoms with Gasteiger partial charge in [0.25, 0.3) is 0 Å². The van der Waals surface area contributed by atoms with Crippen LogP contribution in [-0.2, 0) is 5.41 Å². The third-order valence-electron chi connectivity index (χ3n) is 6.85. The molecule has 0 radical (unpaired) electrons. The molecular weight excluding hydrogens is 438 g/mol. The molecule has 1 heterocycles. The maximum atomic E-state index is 6.22. The Morgan fingerprint density at radius 1 is 0.583 bits per heavy atom. The van der Waals surface area contributed by atoms with E-state index < -0.39 is 0 Å². The Hall–Kier alpha value is -4.30. The highest BCUT2D eigenvalue weighted by Gasteiger charge is 2.15. The number of hydrogen-bond donors (Lipinski definition) is 1. The van der Waals surface area contributed by atoms with Crippen molar-refractivity contribution in [2.75, 3.05) is 5.32 Å². The number of anilines is 2. The van der Waals surface area contributed by atoms with E-state index in [1.807, 2.05) is 12.1 Å². The molecule has 1 aromatic heterocycles. The Kier molecular flexibility index (Phi) is 5.38. The van der Waals surface area contributed by atoms with Gasteiger partial charge in [0.2, 0.25) is 0 Å². The largest absolute Gasteiger partial charge is 0.456 e. The molecule has 5 aromatic carbocycles. The van der Waals surface area contributed by atoms with Gasteiger partial charge in [-0.3, -0.25) is 0 Å². The number of benzene rings is 5. The van der Waals surface area contributed by atoms with E-state index in [9.17, 15) is 0 Å². The van der Waals surface area contributed by atoms with E-state index in [1.54, 1.807) is 0 Å². The van der Waals surface area contributed by atoms with Gasteiger partial charge < -0.3 is 9.73 Å². The van der Waals surface area contributed by atoms with Crippen molar-refractivity contribution in [3.05, 3.63) is 121 Å². The lowest BCUT2D eigenvalue weighted by molar-refractivity contribution is 0.590. The van der Waals surface area contributed by atoms with Gasteiger partial charge in [-0.1, -0.05) is 106 Å². The molecule has 2 nitrogen and oxygen atoms in total. The van der Waals surface area contributed by atoms with Crippen LogP contribution in [0.5, 0.6) is 0 Å². The minimum atomic E-state index is 0.137. The van der Waals surface area contributed by atoms with Gasteiger partial charge in [0, 0.05) is 27.7 Å². The molecule has 0 bridgehead atoms. The molecule has 0 atom stereocenters. The van der Waals surface area contributed by atoms with E-state index in [4.69, 9.17) is 4.42 Å². The highest BCUT2D eigenvalue weighted by atomic mass is 16.3. The summed E-state index contributed by atoms with van der Waals surface area (Å²) in [5.41, 5.74) is 10.1. The molecule has 0 fully saturated rings. The lowest BCUT2D eigenvalue weighted by atomic mass is 9.86. The summed E-state index contributed by atoms with van der Waals surface area (Å²) in [7, 11) is 0. The Labute approximate surface area is 212 Å². The third-order valence-corrected chi connectivity index (χ3v) is 6.85. The van der Waals surface area contributed by atoms with Crippen molar-refractivity contribution in [1.29, 1.82) is 0 Å². The zero-order chi connectivity index (χ0) is 24.7. The Morgan fingerprint density at radius 2 is 1.28 bits per heavy atom. The van der Waals surface area contributed by atoms with Crippen molar-refractivity contribution in [2.24, 2.45) is 0 Å². The predicted octanol–water partition coefficient (Wildman–Crippen LogP) is 9.96. The summed E-state index contributed by atoms with van der Waals surface area (Å²) in [6, 6.07) is 40.5. The fourth-order valence-electron chi connectivity index (χ4n) is 4.91. The molecule has 2 heteroatoms. The summed E-state index contributed by atoms with van der Waals surface area (Å²) < 4.78 is 6.22. The van der Waals surface area contributed by atoms with E-state index in [0.717, 1.165) is 33.3 Å². The summed E-state index contributed by atoms with van der Waals surface area (Å²) in [6.07, 6.45) is 0. The number of fused-ring (bicyclic) bond motifs is 3. The van der Waals surface area contributed by atoms with Gasteiger partial charge in [-0.25, -0.2) is 0 Å². The van der Waals surface area contributed by atoms with Crippen molar-refractivity contribution >= 4 is 33.3 Å². The first-order chi connectivity index (χ1) is 17.5. The van der Waals surface area contributed by atoms with Crippen LogP contribution in [0, 0.1) is 0 Å². The molecule has 6 rings (SSSR count). The zero-order valence-electron chi connectivity index (χ0n) is 20.9. The third kappa shape index (κ3) is 4.05. The highest BCUT2D eigenvalue weighted by Crippen LogP contribution is 2.39. The zero-order valence-corrected chi connectivity index (χ0v) is 20.9. The maximum Gasteiger partial charge on any atom is 0.136 e. The molecule has 1 N–H and O–H groups in total. The quantitative estimate of drug-likeness (QED) is 0.279. The van der Waals surface area contributed by atoms with Crippen LogP contribution in [0.1, 0.15) is 26.3 Å². The molecular formula is C34H29NO. The van der Waals surface area contributed by atoms with Gasteiger partial charge in [0.15, 0.2) is 0 Å². The number of furan rings is 1. The normalized spacial score (nSPS) is 11.8. The fraction of sp³-hybridized carbons (Fsp3) is 0.118. The Balaban J connectivity index is 1.41. The SMILES string of the molecule is CC(C)(C)c1ccc(-c2ccccc2Nc2ccc3oc4cccc(-c5ccccc5)c4c3c2)cc1. The van der Waals surface area contributed by atoms with E-state index >= 15 is 0 Å². The first kappa shape index (κ1) is 22.2. The first-order valence-electron chi connectivity index (χ1n) is 12.4. The minimum Gasteiger partial charge on any atom is -0.456 e. The second-order valence-corrected chi connectivity index (χ2v) is 10.4. The molecule has 0 saturated carbocycles. The maximum absolute atomic E-state index is 6.22. The van der Waals surface area contributed by atoms with E-state index in [0.29, 0.717) is 0 Å². The smallest absolute Gasteiger partial charge is 0.136 e. The molecule has 0 unspecified atom stereocenters. The van der Waals surface area contributed by atoms with Gasteiger partial charge >= 0.3 is 0 Å². The Bertz CT molecular complexity index is 1670.